The second kappa shape index (κ2) is 6.53. The minimum absolute atomic E-state index is 0.150. The number of esters is 1. The second-order valence-corrected chi connectivity index (χ2v) is 4.27. The fraction of sp³-hybridized carbons (Fsp3) is 0.583. The van der Waals surface area contributed by atoms with Gasteiger partial charge >= 0.3 is 12.1 Å². The molecule has 0 aromatic carbocycles. The van der Waals surface area contributed by atoms with Crippen LogP contribution in [0.4, 0.5) is 19.1 Å². The highest BCUT2D eigenvalue weighted by atomic mass is 19.4. The molecule has 0 saturated heterocycles. The van der Waals surface area contributed by atoms with Gasteiger partial charge in [0.15, 0.2) is 0 Å². The van der Waals surface area contributed by atoms with Crippen molar-refractivity contribution in [1.82, 2.24) is 9.97 Å². The topological polar surface area (TPSA) is 55.3 Å². The summed E-state index contributed by atoms with van der Waals surface area (Å²) in [7, 11) is 0. The zero-order valence-electron chi connectivity index (χ0n) is 11.4. The molecule has 1 aromatic heterocycles. The maximum absolute atomic E-state index is 12.6. The first-order valence-corrected chi connectivity index (χ1v) is 6.08. The lowest BCUT2D eigenvalue weighted by molar-refractivity contribution is -0.141. The van der Waals surface area contributed by atoms with Crippen molar-refractivity contribution in [3.8, 4) is 0 Å². The van der Waals surface area contributed by atoms with Crippen LogP contribution in [0.15, 0.2) is 12.3 Å². The lowest BCUT2D eigenvalue weighted by atomic mass is 10.3. The molecule has 1 rings (SSSR count). The number of carbonyl (C=O) groups is 1. The van der Waals surface area contributed by atoms with Crippen LogP contribution in [-0.4, -0.2) is 35.1 Å². The Morgan fingerprint density at radius 1 is 1.45 bits per heavy atom. The molecule has 8 heteroatoms. The number of alkyl halides is 3. The minimum Gasteiger partial charge on any atom is -0.465 e. The monoisotopic (exact) mass is 291 g/mol. The number of rotatable bonds is 5. The van der Waals surface area contributed by atoms with E-state index in [1.165, 1.54) is 4.90 Å². The van der Waals surface area contributed by atoms with Crippen LogP contribution in [0.2, 0.25) is 0 Å². The number of hydrogen-bond donors (Lipinski definition) is 0. The highest BCUT2D eigenvalue weighted by molar-refractivity contribution is 5.75. The lowest BCUT2D eigenvalue weighted by Crippen LogP contribution is -2.38. The third-order valence-corrected chi connectivity index (χ3v) is 2.42. The van der Waals surface area contributed by atoms with Crippen LogP contribution in [0.25, 0.3) is 0 Å². The van der Waals surface area contributed by atoms with E-state index in [0.717, 1.165) is 12.3 Å². The third kappa shape index (κ3) is 4.36. The first-order valence-electron chi connectivity index (χ1n) is 6.08. The average molecular weight is 291 g/mol. The van der Waals surface area contributed by atoms with E-state index in [2.05, 4.69) is 9.97 Å². The van der Waals surface area contributed by atoms with Gasteiger partial charge < -0.3 is 9.64 Å². The predicted octanol–water partition coefficient (Wildman–Crippen LogP) is 2.27. The van der Waals surface area contributed by atoms with Crippen molar-refractivity contribution in [2.45, 2.75) is 33.0 Å². The zero-order chi connectivity index (χ0) is 15.3. The molecule has 0 amide bonds. The summed E-state index contributed by atoms with van der Waals surface area (Å²) < 4.78 is 42.6. The van der Waals surface area contributed by atoms with Crippen molar-refractivity contribution in [3.63, 3.8) is 0 Å². The zero-order valence-corrected chi connectivity index (χ0v) is 11.4. The van der Waals surface area contributed by atoms with Crippen molar-refractivity contribution in [3.05, 3.63) is 18.0 Å². The first kappa shape index (κ1) is 16.2. The number of nitrogens with zero attached hydrogens (tertiary/aromatic N) is 3. The average Bonchev–Trinajstić information content (AvgIpc) is 2.35. The SMILES string of the molecule is CCOC(=O)CN(c1nccc(C(F)(F)F)n1)C(C)C. The van der Waals surface area contributed by atoms with E-state index in [1.54, 1.807) is 20.8 Å². The van der Waals surface area contributed by atoms with Crippen LogP contribution in [0.3, 0.4) is 0 Å². The second-order valence-electron chi connectivity index (χ2n) is 4.27. The van der Waals surface area contributed by atoms with Crippen molar-refractivity contribution in [2.24, 2.45) is 0 Å². The van der Waals surface area contributed by atoms with Gasteiger partial charge in [-0.05, 0) is 26.8 Å². The van der Waals surface area contributed by atoms with Gasteiger partial charge in [0.1, 0.15) is 12.2 Å². The van der Waals surface area contributed by atoms with E-state index in [9.17, 15) is 18.0 Å². The van der Waals surface area contributed by atoms with Gasteiger partial charge in [-0.15, -0.1) is 0 Å². The Hall–Kier alpha value is -1.86. The molecule has 0 fully saturated rings. The number of ether oxygens (including phenoxy) is 1. The van der Waals surface area contributed by atoms with Gasteiger partial charge in [-0.3, -0.25) is 4.79 Å². The Balaban J connectivity index is 3.01. The van der Waals surface area contributed by atoms with E-state index < -0.39 is 17.8 Å². The van der Waals surface area contributed by atoms with Gasteiger partial charge in [0.25, 0.3) is 0 Å². The number of carbonyl (C=O) groups excluding carboxylic acids is 1. The Labute approximate surface area is 114 Å². The molecule has 0 aliphatic carbocycles. The number of hydrogen-bond acceptors (Lipinski definition) is 5. The van der Waals surface area contributed by atoms with Crippen LogP contribution in [0.5, 0.6) is 0 Å². The normalized spacial score (nSPS) is 11.6. The number of aromatic nitrogens is 2. The van der Waals surface area contributed by atoms with Crippen molar-refractivity contribution >= 4 is 11.9 Å². The third-order valence-electron chi connectivity index (χ3n) is 2.42. The first-order chi connectivity index (χ1) is 9.25. The van der Waals surface area contributed by atoms with Crippen LogP contribution in [0, 0.1) is 0 Å². The maximum Gasteiger partial charge on any atom is 0.433 e. The van der Waals surface area contributed by atoms with Gasteiger partial charge in [-0.1, -0.05) is 0 Å². The summed E-state index contributed by atoms with van der Waals surface area (Å²) in [5, 5.41) is 0. The van der Waals surface area contributed by atoms with Gasteiger partial charge in [0.2, 0.25) is 5.95 Å². The van der Waals surface area contributed by atoms with Crippen molar-refractivity contribution in [1.29, 1.82) is 0 Å². The fourth-order valence-corrected chi connectivity index (χ4v) is 1.47. The molecule has 20 heavy (non-hydrogen) atoms. The van der Waals surface area contributed by atoms with E-state index in [4.69, 9.17) is 4.74 Å². The quantitative estimate of drug-likeness (QED) is 0.779. The van der Waals surface area contributed by atoms with Crippen molar-refractivity contribution < 1.29 is 22.7 Å². The van der Waals surface area contributed by atoms with Crippen LogP contribution in [0.1, 0.15) is 26.5 Å². The Bertz CT molecular complexity index is 464. The van der Waals surface area contributed by atoms with Gasteiger partial charge in [-0.2, -0.15) is 13.2 Å². The van der Waals surface area contributed by atoms with Crippen molar-refractivity contribution in [2.75, 3.05) is 18.1 Å². The van der Waals surface area contributed by atoms with Crippen LogP contribution < -0.4 is 4.90 Å². The molecule has 0 aliphatic heterocycles. The summed E-state index contributed by atoms with van der Waals surface area (Å²) in [4.78, 5) is 20.1. The molecule has 1 heterocycles. The van der Waals surface area contributed by atoms with Gasteiger partial charge in [0, 0.05) is 12.2 Å². The highest BCUT2D eigenvalue weighted by Gasteiger charge is 2.33. The molecule has 5 nitrogen and oxygen atoms in total. The summed E-state index contributed by atoms with van der Waals surface area (Å²) in [5.41, 5.74) is -1.04. The predicted molar refractivity (Wildman–Crippen MR) is 66.1 cm³/mol. The molecule has 0 saturated carbocycles. The Kier molecular flexibility index (Phi) is 5.29. The molecule has 0 bridgehead atoms. The lowest BCUT2D eigenvalue weighted by Gasteiger charge is -2.25. The van der Waals surface area contributed by atoms with Crippen LogP contribution >= 0.6 is 0 Å². The summed E-state index contributed by atoms with van der Waals surface area (Å²) in [6.45, 7) is 5.10. The summed E-state index contributed by atoms with van der Waals surface area (Å²) in [5.74, 6) is -0.690. The van der Waals surface area contributed by atoms with Gasteiger partial charge in [-0.25, -0.2) is 9.97 Å². The summed E-state index contributed by atoms with van der Waals surface area (Å²) in [6.07, 6.45) is -3.53. The largest absolute Gasteiger partial charge is 0.465 e. The highest BCUT2D eigenvalue weighted by Crippen LogP contribution is 2.28. The Morgan fingerprint density at radius 2 is 2.10 bits per heavy atom. The van der Waals surface area contributed by atoms with E-state index in [-0.39, 0.29) is 25.1 Å². The summed E-state index contributed by atoms with van der Waals surface area (Å²) in [6, 6.07) is 0.537. The number of halogens is 3. The maximum atomic E-state index is 12.6. The molecule has 0 spiro atoms. The standard InChI is InChI=1S/C12H16F3N3O2/c1-4-20-10(19)7-18(8(2)3)11-16-6-5-9(17-11)12(13,14)15/h5-6,8H,4,7H2,1-3H3. The van der Waals surface area contributed by atoms with E-state index in [0.29, 0.717) is 0 Å². The summed E-state index contributed by atoms with van der Waals surface area (Å²) >= 11 is 0. The molecule has 0 atom stereocenters. The smallest absolute Gasteiger partial charge is 0.433 e. The van der Waals surface area contributed by atoms with E-state index >= 15 is 0 Å². The fourth-order valence-electron chi connectivity index (χ4n) is 1.47. The minimum atomic E-state index is -4.55. The van der Waals surface area contributed by atoms with E-state index in [1.807, 2.05) is 0 Å². The van der Waals surface area contributed by atoms with Gasteiger partial charge in [0.05, 0.1) is 6.61 Å². The Morgan fingerprint density at radius 3 is 2.60 bits per heavy atom. The molecule has 0 radical (unpaired) electrons. The molecule has 0 unspecified atom stereocenters. The molecule has 0 aliphatic rings. The number of anilines is 1. The molecular formula is C12H16F3N3O2. The molecule has 0 N–H and O–H groups in total. The molecule has 112 valence electrons. The molecular weight excluding hydrogens is 275 g/mol. The molecule has 1 aromatic rings. The van der Waals surface area contributed by atoms with Crippen LogP contribution in [-0.2, 0) is 15.7 Å².